The van der Waals surface area contributed by atoms with Crippen LogP contribution >= 0.6 is 0 Å². The molecule has 13 heteroatoms. The first kappa shape index (κ1) is 39.8. The number of nitrogens with zero attached hydrogens (tertiary/aromatic N) is 4. The smallest absolute Gasteiger partial charge is 0.256 e. The molecule has 0 saturated carbocycles. The molecule has 295 valence electrons. The van der Waals surface area contributed by atoms with Crippen LogP contribution in [0, 0.1) is 0 Å². The summed E-state index contributed by atoms with van der Waals surface area (Å²) < 4.78 is 34.1. The van der Waals surface area contributed by atoms with Crippen LogP contribution in [0.4, 0.5) is 5.82 Å². The summed E-state index contributed by atoms with van der Waals surface area (Å²) in [5.41, 5.74) is 2.03. The van der Waals surface area contributed by atoms with Crippen molar-refractivity contribution in [2.45, 2.75) is 68.7 Å². The first-order valence-corrected chi connectivity index (χ1v) is 21.3. The molecule has 1 aliphatic rings. The minimum absolute atomic E-state index is 0.0155. The third-order valence-corrected chi connectivity index (χ3v) is 12.3. The first-order valence-electron chi connectivity index (χ1n) is 18.8. The van der Waals surface area contributed by atoms with Crippen LogP contribution < -0.4 is 14.8 Å². The number of nitrogens with one attached hydrogen (secondary N) is 1. The molecular formula is C44H48N5O7Si. The maximum Gasteiger partial charge on any atom is 0.256 e. The summed E-state index contributed by atoms with van der Waals surface area (Å²) in [6.07, 6.45) is 0.197. The molecule has 1 aliphatic heterocycles. The number of carbonyl (C=O) groups is 1. The molecule has 12 nitrogen and oxygen atoms in total. The standard InChI is InChI=1S/C44H48N5O7Si/c1-42(2,3)56-37-35(26-54-43(30-16-12-9-13-17-30,31-18-22-33(52-4)23-19-31)32-20-24-34(53-5)25-21-32)55-44(38(37)50,57(6)7)49-28-47-36-39(45-27-46-40(36)49)48-41(51)29-14-10-8-11-15-29/h8-25,27-28,35,37-38,50H,26H2,1-7H3,(H,45,46,48,51)/t35-,37-,38-,44+/m1/s1. The third-order valence-electron chi connectivity index (χ3n) is 10.2. The summed E-state index contributed by atoms with van der Waals surface area (Å²) in [4.78, 5) is 26.8. The van der Waals surface area contributed by atoms with Gasteiger partial charge in [0, 0.05) is 5.56 Å². The SMILES string of the molecule is COc1ccc(C(OC[C@H]2O[C@](n3cnc4c(NC(=O)c5ccccc5)ncnc43)([Si](C)C)[C@H](O)[C@@H]2OC(C)(C)C)(c2ccccc2)c2ccc(OC)cc2)cc1. The molecule has 57 heavy (non-hydrogen) atoms. The Kier molecular flexibility index (Phi) is 11.3. The second-order valence-corrected chi connectivity index (χ2v) is 17.9. The van der Waals surface area contributed by atoms with Crippen molar-refractivity contribution in [2.24, 2.45) is 0 Å². The maximum absolute atomic E-state index is 13.2. The number of hydrogen-bond donors (Lipinski definition) is 2. The normalized spacial score (nSPS) is 19.8. The largest absolute Gasteiger partial charge is 0.497 e. The Hall–Kier alpha value is -5.44. The zero-order valence-electron chi connectivity index (χ0n) is 33.2. The van der Waals surface area contributed by atoms with E-state index in [0.717, 1.165) is 16.7 Å². The molecule has 0 spiro atoms. The lowest BCUT2D eigenvalue weighted by Gasteiger charge is -2.38. The molecule has 1 fully saturated rings. The Labute approximate surface area is 334 Å². The van der Waals surface area contributed by atoms with Gasteiger partial charge in [0.05, 0.1) is 32.8 Å². The summed E-state index contributed by atoms with van der Waals surface area (Å²) in [7, 11) is 1.66. The fraction of sp³-hybridized carbons (Fsp3) is 0.318. The number of methoxy groups -OCH3 is 2. The van der Waals surface area contributed by atoms with Gasteiger partial charge in [0.25, 0.3) is 5.91 Å². The topological polar surface area (TPSA) is 139 Å². The van der Waals surface area contributed by atoms with Gasteiger partial charge in [0.15, 0.2) is 22.3 Å². The van der Waals surface area contributed by atoms with Gasteiger partial charge in [-0.2, -0.15) is 0 Å². The van der Waals surface area contributed by atoms with Gasteiger partial charge in [-0.25, -0.2) is 15.0 Å². The van der Waals surface area contributed by atoms with Crippen LogP contribution in [0.2, 0.25) is 13.1 Å². The Morgan fingerprint density at radius 2 is 1.39 bits per heavy atom. The first-order chi connectivity index (χ1) is 27.4. The van der Waals surface area contributed by atoms with Crippen molar-refractivity contribution >= 4 is 31.7 Å². The molecular weight excluding hydrogens is 739 g/mol. The zero-order valence-corrected chi connectivity index (χ0v) is 34.2. The van der Waals surface area contributed by atoms with E-state index in [4.69, 9.17) is 23.7 Å². The Morgan fingerprint density at radius 1 is 0.825 bits per heavy atom. The van der Waals surface area contributed by atoms with Crippen LogP contribution in [-0.4, -0.2) is 84.1 Å². The monoisotopic (exact) mass is 786 g/mol. The van der Waals surface area contributed by atoms with Crippen molar-refractivity contribution in [2.75, 3.05) is 26.1 Å². The number of anilines is 1. The fourth-order valence-corrected chi connectivity index (χ4v) is 9.33. The van der Waals surface area contributed by atoms with Gasteiger partial charge in [-0.15, -0.1) is 0 Å². The lowest BCUT2D eigenvalue weighted by Crippen LogP contribution is -2.55. The van der Waals surface area contributed by atoms with E-state index in [9.17, 15) is 9.90 Å². The minimum Gasteiger partial charge on any atom is -0.497 e. The lowest BCUT2D eigenvalue weighted by atomic mass is 9.80. The van der Waals surface area contributed by atoms with Crippen LogP contribution in [0.3, 0.4) is 0 Å². The molecule has 1 saturated heterocycles. The molecule has 1 radical (unpaired) electrons. The summed E-state index contributed by atoms with van der Waals surface area (Å²) in [6.45, 7) is 10.0. The van der Waals surface area contributed by atoms with E-state index in [2.05, 4.69) is 33.4 Å². The van der Waals surface area contributed by atoms with Crippen molar-refractivity contribution in [1.29, 1.82) is 0 Å². The van der Waals surface area contributed by atoms with Crippen LogP contribution in [0.15, 0.2) is 122 Å². The van der Waals surface area contributed by atoms with Crippen molar-refractivity contribution < 1.29 is 33.6 Å². The van der Waals surface area contributed by atoms with Crippen LogP contribution in [0.25, 0.3) is 11.2 Å². The van der Waals surface area contributed by atoms with E-state index in [1.807, 2.05) is 106 Å². The maximum atomic E-state index is 13.2. The summed E-state index contributed by atoms with van der Waals surface area (Å²) >= 11 is 0. The van der Waals surface area contributed by atoms with Gasteiger partial charge in [-0.05, 0) is 73.9 Å². The average molecular weight is 787 g/mol. The average Bonchev–Trinajstić information content (AvgIpc) is 3.78. The molecule has 2 N–H and O–H groups in total. The molecule has 2 aromatic heterocycles. The predicted octanol–water partition coefficient (Wildman–Crippen LogP) is 6.99. The van der Waals surface area contributed by atoms with Crippen molar-refractivity contribution in [3.8, 4) is 11.5 Å². The number of aliphatic hydroxyl groups is 1. The van der Waals surface area contributed by atoms with E-state index in [1.54, 1.807) is 49.4 Å². The number of ether oxygens (including phenoxy) is 5. The van der Waals surface area contributed by atoms with Gasteiger partial charge in [-0.3, -0.25) is 9.36 Å². The third kappa shape index (κ3) is 7.56. The van der Waals surface area contributed by atoms with Gasteiger partial charge in [-0.1, -0.05) is 85.9 Å². The van der Waals surface area contributed by atoms with Gasteiger partial charge in [0.2, 0.25) is 0 Å². The molecule has 1 amide bonds. The van der Waals surface area contributed by atoms with Crippen LogP contribution in [0.5, 0.6) is 11.5 Å². The Morgan fingerprint density at radius 3 is 1.93 bits per heavy atom. The molecule has 4 atom stereocenters. The molecule has 3 heterocycles. The van der Waals surface area contributed by atoms with Crippen molar-refractivity contribution in [3.63, 3.8) is 0 Å². The quantitative estimate of drug-likeness (QED) is 0.0930. The van der Waals surface area contributed by atoms with Gasteiger partial charge >= 0.3 is 0 Å². The van der Waals surface area contributed by atoms with E-state index in [1.165, 1.54) is 6.33 Å². The number of aliphatic hydroxyl groups excluding tert-OH is 1. The number of amides is 1. The van der Waals surface area contributed by atoms with Gasteiger partial charge in [0.1, 0.15) is 50.5 Å². The molecule has 0 aliphatic carbocycles. The number of imidazole rings is 1. The molecule has 7 rings (SSSR count). The highest BCUT2D eigenvalue weighted by Gasteiger charge is 2.60. The van der Waals surface area contributed by atoms with Crippen molar-refractivity contribution in [1.82, 2.24) is 19.5 Å². The number of rotatable bonds is 13. The number of fused-ring (bicyclic) bond motifs is 1. The van der Waals surface area contributed by atoms with Crippen LogP contribution in [0.1, 0.15) is 47.8 Å². The molecule has 4 aromatic carbocycles. The Bertz CT molecular complexity index is 2240. The second-order valence-electron chi connectivity index (χ2n) is 15.1. The number of carbonyl (C=O) groups excluding carboxylic acids is 1. The summed E-state index contributed by atoms with van der Waals surface area (Å²) in [6, 6.07) is 34.5. The predicted molar refractivity (Wildman–Crippen MR) is 219 cm³/mol. The number of aromatic nitrogens is 4. The highest BCUT2D eigenvalue weighted by Crippen LogP contribution is 2.46. The number of benzene rings is 4. The summed E-state index contributed by atoms with van der Waals surface area (Å²) in [5.74, 6) is 1.33. The molecule has 6 aromatic rings. The highest BCUT2D eigenvalue weighted by molar-refractivity contribution is 6.58. The highest BCUT2D eigenvalue weighted by atomic mass is 28.3. The minimum atomic E-state index is -1.61. The number of hydrogen-bond acceptors (Lipinski definition) is 10. The van der Waals surface area contributed by atoms with E-state index in [-0.39, 0.29) is 18.3 Å². The van der Waals surface area contributed by atoms with Gasteiger partial charge < -0.3 is 34.1 Å². The Balaban J connectivity index is 1.32. The van der Waals surface area contributed by atoms with E-state index >= 15 is 0 Å². The fourth-order valence-electron chi connectivity index (χ4n) is 7.54. The van der Waals surface area contributed by atoms with E-state index < -0.39 is 43.7 Å². The second kappa shape index (κ2) is 16.2. The van der Waals surface area contributed by atoms with Crippen molar-refractivity contribution in [3.05, 3.63) is 144 Å². The zero-order chi connectivity index (χ0) is 40.4. The molecule has 0 unspecified atom stereocenters. The lowest BCUT2D eigenvalue weighted by molar-refractivity contribution is -0.138. The van der Waals surface area contributed by atoms with E-state index in [0.29, 0.717) is 28.2 Å². The summed E-state index contributed by atoms with van der Waals surface area (Å²) in [5, 5.41) is 14.2. The van der Waals surface area contributed by atoms with Crippen LogP contribution in [-0.2, 0) is 25.2 Å². The molecule has 0 bridgehead atoms.